The number of aromatic nitrogens is 2. The van der Waals surface area contributed by atoms with Crippen LogP contribution >= 0.6 is 11.6 Å². The molecule has 1 saturated carbocycles. The number of carbonyl (C=O) groups is 2. The Kier molecular flexibility index (Phi) is 3.80. The van der Waals surface area contributed by atoms with Gasteiger partial charge in [0.05, 0.1) is 16.4 Å². The fourth-order valence-corrected chi connectivity index (χ4v) is 2.14. The molecule has 1 amide bonds. The van der Waals surface area contributed by atoms with Crippen molar-refractivity contribution >= 4 is 23.5 Å². The monoisotopic (exact) mass is 285 g/mol. The van der Waals surface area contributed by atoms with Gasteiger partial charge in [0.1, 0.15) is 13.1 Å². The molecule has 0 aliphatic heterocycles. The summed E-state index contributed by atoms with van der Waals surface area (Å²) in [6, 6.07) is 0.0658. The number of carbonyl (C=O) groups excluding carboxylic acids is 1. The lowest BCUT2D eigenvalue weighted by Gasteiger charge is -2.20. The van der Waals surface area contributed by atoms with Gasteiger partial charge in [0.25, 0.3) is 0 Å². The van der Waals surface area contributed by atoms with Gasteiger partial charge in [-0.15, -0.1) is 0 Å². The molecule has 0 aromatic carbocycles. The van der Waals surface area contributed by atoms with Gasteiger partial charge in [0.15, 0.2) is 0 Å². The summed E-state index contributed by atoms with van der Waals surface area (Å²) in [5.74, 6) is -1.22. The predicted octanol–water partition coefficient (Wildman–Crippen LogP) is 1.23. The van der Waals surface area contributed by atoms with E-state index >= 15 is 0 Å². The molecule has 0 radical (unpaired) electrons. The lowest BCUT2D eigenvalue weighted by Crippen LogP contribution is -2.39. The molecule has 0 bridgehead atoms. The van der Waals surface area contributed by atoms with E-state index in [9.17, 15) is 9.59 Å². The number of aryl methyl sites for hydroxylation is 1. The number of halogens is 1. The maximum Gasteiger partial charge on any atom is 0.323 e. The van der Waals surface area contributed by atoms with Gasteiger partial charge in [-0.2, -0.15) is 5.10 Å². The molecule has 0 spiro atoms. The highest BCUT2D eigenvalue weighted by atomic mass is 35.5. The summed E-state index contributed by atoms with van der Waals surface area (Å²) in [4.78, 5) is 24.4. The van der Waals surface area contributed by atoms with E-state index in [1.165, 1.54) is 9.58 Å². The average molecular weight is 286 g/mol. The van der Waals surface area contributed by atoms with Crippen molar-refractivity contribution < 1.29 is 14.7 Å². The van der Waals surface area contributed by atoms with Crippen molar-refractivity contribution in [1.29, 1.82) is 0 Å². The molecule has 1 aromatic heterocycles. The van der Waals surface area contributed by atoms with Crippen LogP contribution in [-0.4, -0.2) is 44.3 Å². The number of amides is 1. The number of carboxylic acids is 1. The van der Waals surface area contributed by atoms with Crippen LogP contribution in [0.3, 0.4) is 0 Å². The second kappa shape index (κ2) is 5.21. The Morgan fingerprint density at radius 3 is 2.53 bits per heavy atom. The summed E-state index contributed by atoms with van der Waals surface area (Å²) >= 11 is 6.02. The Morgan fingerprint density at radius 2 is 2.11 bits per heavy atom. The highest BCUT2D eigenvalue weighted by molar-refractivity contribution is 6.31. The quantitative estimate of drug-likeness (QED) is 0.883. The minimum atomic E-state index is -0.994. The van der Waals surface area contributed by atoms with Crippen molar-refractivity contribution in [3.8, 4) is 0 Å². The molecule has 1 aromatic rings. The molecule has 2 rings (SSSR count). The van der Waals surface area contributed by atoms with Crippen LogP contribution < -0.4 is 0 Å². The zero-order valence-corrected chi connectivity index (χ0v) is 11.6. The Labute approximate surface area is 115 Å². The van der Waals surface area contributed by atoms with Gasteiger partial charge < -0.3 is 10.0 Å². The Morgan fingerprint density at radius 1 is 1.47 bits per heavy atom. The lowest BCUT2D eigenvalue weighted by atomic mass is 10.4. The summed E-state index contributed by atoms with van der Waals surface area (Å²) in [6.45, 7) is 3.33. The van der Waals surface area contributed by atoms with E-state index in [1.54, 1.807) is 13.8 Å². The average Bonchev–Trinajstić information content (AvgIpc) is 3.13. The number of hydrogen-bond acceptors (Lipinski definition) is 3. The summed E-state index contributed by atoms with van der Waals surface area (Å²) in [6.07, 6.45) is 1.74. The van der Waals surface area contributed by atoms with Gasteiger partial charge in [-0.1, -0.05) is 11.6 Å². The smallest absolute Gasteiger partial charge is 0.323 e. The first-order valence-electron chi connectivity index (χ1n) is 6.11. The number of rotatable bonds is 5. The van der Waals surface area contributed by atoms with Crippen LogP contribution in [0.25, 0.3) is 0 Å². The van der Waals surface area contributed by atoms with Gasteiger partial charge in [-0.05, 0) is 26.7 Å². The molecule has 0 atom stereocenters. The lowest BCUT2D eigenvalue weighted by molar-refractivity contribution is -0.145. The van der Waals surface area contributed by atoms with E-state index in [4.69, 9.17) is 16.7 Å². The van der Waals surface area contributed by atoms with Gasteiger partial charge in [0.2, 0.25) is 5.91 Å². The topological polar surface area (TPSA) is 75.4 Å². The summed E-state index contributed by atoms with van der Waals surface area (Å²) < 4.78 is 1.53. The zero-order chi connectivity index (χ0) is 14.2. The molecule has 0 saturated heterocycles. The normalized spacial score (nSPS) is 14.5. The van der Waals surface area contributed by atoms with Gasteiger partial charge >= 0.3 is 5.97 Å². The minimum absolute atomic E-state index is 0.0309. The Hall–Kier alpha value is -1.56. The van der Waals surface area contributed by atoms with E-state index in [-0.39, 0.29) is 25.0 Å². The number of nitrogens with zero attached hydrogens (tertiary/aromatic N) is 3. The molecule has 0 unspecified atom stereocenters. The molecule has 19 heavy (non-hydrogen) atoms. The van der Waals surface area contributed by atoms with Crippen molar-refractivity contribution in [3.63, 3.8) is 0 Å². The van der Waals surface area contributed by atoms with Crippen LogP contribution in [0.15, 0.2) is 0 Å². The predicted molar refractivity (Wildman–Crippen MR) is 69.1 cm³/mol. The van der Waals surface area contributed by atoms with E-state index in [0.717, 1.165) is 18.5 Å². The number of aliphatic carboxylic acids is 1. The molecule has 1 aliphatic carbocycles. The van der Waals surface area contributed by atoms with Crippen LogP contribution in [0.5, 0.6) is 0 Å². The molecule has 6 nitrogen and oxygen atoms in total. The van der Waals surface area contributed by atoms with Gasteiger partial charge in [-0.25, -0.2) is 0 Å². The molecule has 1 fully saturated rings. The third-order valence-corrected chi connectivity index (χ3v) is 3.74. The van der Waals surface area contributed by atoms with Crippen LogP contribution in [0.4, 0.5) is 0 Å². The SMILES string of the molecule is Cc1nn(CC(=O)N(CC(=O)O)C2CC2)c(C)c1Cl. The second-order valence-electron chi connectivity index (χ2n) is 4.79. The van der Waals surface area contributed by atoms with Gasteiger partial charge in [-0.3, -0.25) is 14.3 Å². The highest BCUT2D eigenvalue weighted by Crippen LogP contribution is 2.27. The first-order valence-corrected chi connectivity index (χ1v) is 6.48. The minimum Gasteiger partial charge on any atom is -0.480 e. The molecular weight excluding hydrogens is 270 g/mol. The largest absolute Gasteiger partial charge is 0.480 e. The van der Waals surface area contributed by atoms with Gasteiger partial charge in [0, 0.05) is 6.04 Å². The maximum atomic E-state index is 12.2. The highest BCUT2D eigenvalue weighted by Gasteiger charge is 2.34. The second-order valence-corrected chi connectivity index (χ2v) is 5.17. The van der Waals surface area contributed by atoms with Crippen molar-refractivity contribution in [2.75, 3.05) is 6.54 Å². The van der Waals surface area contributed by atoms with Crippen molar-refractivity contribution in [3.05, 3.63) is 16.4 Å². The third-order valence-electron chi connectivity index (χ3n) is 3.19. The third kappa shape index (κ3) is 3.07. The fraction of sp³-hybridized carbons (Fsp3) is 0.583. The first kappa shape index (κ1) is 13.9. The molecule has 104 valence electrons. The summed E-state index contributed by atoms with van der Waals surface area (Å²) in [5.41, 5.74) is 1.39. The zero-order valence-electron chi connectivity index (χ0n) is 10.9. The Bertz CT molecular complexity index is 523. The summed E-state index contributed by atoms with van der Waals surface area (Å²) in [7, 11) is 0. The first-order chi connectivity index (χ1) is 8.90. The van der Waals surface area contributed by atoms with Crippen LogP contribution in [0, 0.1) is 13.8 Å². The van der Waals surface area contributed by atoms with Crippen molar-refractivity contribution in [2.45, 2.75) is 39.3 Å². The van der Waals surface area contributed by atoms with Crippen molar-refractivity contribution in [2.24, 2.45) is 0 Å². The molecule has 7 heteroatoms. The van der Waals surface area contributed by atoms with Crippen LogP contribution in [0.2, 0.25) is 5.02 Å². The molecule has 1 heterocycles. The maximum absolute atomic E-state index is 12.2. The summed E-state index contributed by atoms with van der Waals surface area (Å²) in [5, 5.41) is 13.6. The standard InChI is InChI=1S/C12H16ClN3O3/c1-7-12(13)8(2)16(14-7)5-10(17)15(6-11(18)19)9-3-4-9/h9H,3-6H2,1-2H3,(H,18,19). The Balaban J connectivity index is 2.10. The van der Waals surface area contributed by atoms with E-state index in [0.29, 0.717) is 10.7 Å². The van der Waals surface area contributed by atoms with Crippen LogP contribution in [-0.2, 0) is 16.1 Å². The molecule has 1 N–H and O–H groups in total. The number of carboxylic acid groups (broad SMARTS) is 1. The van der Waals surface area contributed by atoms with E-state index < -0.39 is 5.97 Å². The molecular formula is C12H16ClN3O3. The fourth-order valence-electron chi connectivity index (χ4n) is 2.00. The van der Waals surface area contributed by atoms with E-state index in [1.807, 2.05) is 0 Å². The van der Waals surface area contributed by atoms with Crippen molar-refractivity contribution in [1.82, 2.24) is 14.7 Å². The molecule has 1 aliphatic rings. The van der Waals surface area contributed by atoms with E-state index in [2.05, 4.69) is 5.10 Å². The number of hydrogen-bond donors (Lipinski definition) is 1. The van der Waals surface area contributed by atoms with Crippen LogP contribution in [0.1, 0.15) is 24.2 Å².